The number of hydroxylamine groups is 2. The van der Waals surface area contributed by atoms with Crippen molar-refractivity contribution >= 4 is 11.9 Å². The number of carboxylic acid groups (broad SMARTS) is 1. The van der Waals surface area contributed by atoms with Gasteiger partial charge in [-0.25, -0.2) is 0 Å². The van der Waals surface area contributed by atoms with Crippen LogP contribution in [0.1, 0.15) is 240 Å². The maximum absolute atomic E-state index is 12.9. The summed E-state index contributed by atoms with van der Waals surface area (Å²) in [6.07, 6.45) is 38.0. The van der Waals surface area contributed by atoms with E-state index < -0.39 is 5.97 Å². The Labute approximate surface area is 306 Å². The first-order chi connectivity index (χ1) is 23.9. The van der Waals surface area contributed by atoms with Gasteiger partial charge in [0.2, 0.25) is 0 Å². The van der Waals surface area contributed by atoms with Crippen molar-refractivity contribution in [3.63, 3.8) is 0 Å². The third-order valence-electron chi connectivity index (χ3n) is 10.8. The fourth-order valence-electron chi connectivity index (χ4n) is 7.73. The van der Waals surface area contributed by atoms with E-state index in [0.29, 0.717) is 18.8 Å². The van der Waals surface area contributed by atoms with Gasteiger partial charge in [-0.2, -0.15) is 0 Å². The first kappa shape index (κ1) is 47.9. The summed E-state index contributed by atoms with van der Waals surface area (Å²) in [4.78, 5) is 30.0. The van der Waals surface area contributed by atoms with Crippen LogP contribution in [0, 0.1) is 17.8 Å². The van der Waals surface area contributed by atoms with Crippen LogP contribution in [0.2, 0.25) is 0 Å². The van der Waals surface area contributed by atoms with Gasteiger partial charge >= 0.3 is 11.9 Å². The summed E-state index contributed by atoms with van der Waals surface area (Å²) in [6.45, 7) is 13.1. The van der Waals surface area contributed by atoms with Gasteiger partial charge in [0.05, 0.1) is 0 Å². The zero-order valence-corrected chi connectivity index (χ0v) is 33.9. The van der Waals surface area contributed by atoms with Crippen LogP contribution in [0.5, 0.6) is 0 Å². The van der Waals surface area contributed by atoms with E-state index in [1.165, 1.54) is 161 Å². The average Bonchev–Trinajstić information content (AvgIpc) is 3.07. The number of aliphatic carboxylic acids is 1. The predicted octanol–water partition coefficient (Wildman–Crippen LogP) is 14.3. The molecule has 0 radical (unpaired) electrons. The van der Waals surface area contributed by atoms with Crippen molar-refractivity contribution in [1.82, 2.24) is 5.06 Å². The molecule has 292 valence electrons. The standard InChI is InChI=1S/C44H87NO4/c1-6-11-15-18-24-37-45(49-44(48)36-27-33-40(29-20-12-7-2)30-21-13-8-3)38-25-19-16-17-23-32-41(28-10-5)39-42(31-22-14-9-4)34-26-35-43(46)47/h40-42H,6-39H2,1-5H3,(H,46,47). The van der Waals surface area contributed by atoms with Crippen LogP contribution < -0.4 is 0 Å². The van der Waals surface area contributed by atoms with Gasteiger partial charge in [-0.15, -0.1) is 5.06 Å². The number of carbonyl (C=O) groups excluding carboxylic acids is 1. The maximum atomic E-state index is 12.9. The summed E-state index contributed by atoms with van der Waals surface area (Å²) < 4.78 is 0. The minimum Gasteiger partial charge on any atom is -0.481 e. The minimum absolute atomic E-state index is 0.0210. The second kappa shape index (κ2) is 36.7. The smallest absolute Gasteiger partial charge is 0.325 e. The molecule has 0 spiro atoms. The lowest BCUT2D eigenvalue weighted by molar-refractivity contribution is -0.191. The Morgan fingerprint density at radius 3 is 1.37 bits per heavy atom. The molecule has 0 aromatic rings. The summed E-state index contributed by atoms with van der Waals surface area (Å²) in [5.74, 6) is 1.57. The highest BCUT2D eigenvalue weighted by Gasteiger charge is 2.17. The third-order valence-corrected chi connectivity index (χ3v) is 10.8. The van der Waals surface area contributed by atoms with Crippen molar-refractivity contribution in [2.75, 3.05) is 13.1 Å². The van der Waals surface area contributed by atoms with E-state index in [0.717, 1.165) is 57.0 Å². The molecule has 0 saturated carbocycles. The van der Waals surface area contributed by atoms with E-state index in [2.05, 4.69) is 34.6 Å². The molecule has 0 rings (SSSR count). The van der Waals surface area contributed by atoms with Crippen LogP contribution in [0.3, 0.4) is 0 Å². The van der Waals surface area contributed by atoms with Gasteiger partial charge in [0, 0.05) is 25.9 Å². The molecule has 5 nitrogen and oxygen atoms in total. The minimum atomic E-state index is -0.652. The fraction of sp³-hybridized carbons (Fsp3) is 0.955. The molecule has 0 aromatic heterocycles. The van der Waals surface area contributed by atoms with Gasteiger partial charge < -0.3 is 9.94 Å². The Bertz CT molecular complexity index is 703. The zero-order chi connectivity index (χ0) is 36.2. The molecule has 0 aliphatic rings. The highest BCUT2D eigenvalue weighted by Crippen LogP contribution is 2.30. The highest BCUT2D eigenvalue weighted by atomic mass is 16.7. The number of unbranched alkanes of at least 4 members (excludes halogenated alkanes) is 14. The second-order valence-electron chi connectivity index (χ2n) is 15.7. The molecule has 0 fully saturated rings. The number of carboxylic acids is 1. The van der Waals surface area contributed by atoms with Gasteiger partial charge in [-0.05, 0) is 62.7 Å². The molecule has 2 unspecified atom stereocenters. The lowest BCUT2D eigenvalue weighted by atomic mass is 9.82. The van der Waals surface area contributed by atoms with Crippen LogP contribution in [0.15, 0.2) is 0 Å². The number of carbonyl (C=O) groups is 2. The molecule has 0 bridgehead atoms. The summed E-state index contributed by atoms with van der Waals surface area (Å²) in [5, 5.41) is 11.1. The lowest BCUT2D eigenvalue weighted by Gasteiger charge is -2.24. The third kappa shape index (κ3) is 32.5. The molecular formula is C44H87NO4. The number of hydrogen-bond donors (Lipinski definition) is 1. The van der Waals surface area contributed by atoms with E-state index in [1.54, 1.807) is 0 Å². The van der Waals surface area contributed by atoms with Crippen molar-refractivity contribution in [2.24, 2.45) is 17.8 Å². The molecule has 49 heavy (non-hydrogen) atoms. The van der Waals surface area contributed by atoms with Crippen molar-refractivity contribution in [3.05, 3.63) is 0 Å². The summed E-state index contributed by atoms with van der Waals surface area (Å²) in [7, 11) is 0. The number of rotatable bonds is 39. The number of hydrogen-bond acceptors (Lipinski definition) is 4. The van der Waals surface area contributed by atoms with E-state index in [1.807, 2.05) is 5.06 Å². The van der Waals surface area contributed by atoms with Crippen LogP contribution in [-0.2, 0) is 14.4 Å². The van der Waals surface area contributed by atoms with Crippen LogP contribution in [-0.4, -0.2) is 35.2 Å². The second-order valence-corrected chi connectivity index (χ2v) is 15.7. The fourth-order valence-corrected chi connectivity index (χ4v) is 7.73. The first-order valence-electron chi connectivity index (χ1n) is 22.1. The molecule has 0 aromatic carbocycles. The highest BCUT2D eigenvalue weighted by molar-refractivity contribution is 5.68. The van der Waals surface area contributed by atoms with Crippen molar-refractivity contribution < 1.29 is 19.5 Å². The molecular weight excluding hydrogens is 606 g/mol. The summed E-state index contributed by atoms with van der Waals surface area (Å²) >= 11 is 0. The first-order valence-corrected chi connectivity index (χ1v) is 22.1. The topological polar surface area (TPSA) is 66.8 Å². The molecule has 0 amide bonds. The van der Waals surface area contributed by atoms with Crippen molar-refractivity contribution in [1.29, 1.82) is 0 Å². The van der Waals surface area contributed by atoms with E-state index in [4.69, 9.17) is 9.94 Å². The molecule has 0 aliphatic carbocycles. The number of nitrogens with zero attached hydrogens (tertiary/aromatic N) is 1. The van der Waals surface area contributed by atoms with Gasteiger partial charge in [-0.3, -0.25) is 9.59 Å². The Balaban J connectivity index is 4.67. The van der Waals surface area contributed by atoms with Gasteiger partial charge in [0.1, 0.15) is 0 Å². The Morgan fingerprint density at radius 1 is 0.449 bits per heavy atom. The van der Waals surface area contributed by atoms with Crippen LogP contribution in [0.25, 0.3) is 0 Å². The monoisotopic (exact) mass is 694 g/mol. The molecule has 0 aliphatic heterocycles. The molecule has 5 heteroatoms. The van der Waals surface area contributed by atoms with E-state index in [9.17, 15) is 9.59 Å². The molecule has 0 saturated heterocycles. The maximum Gasteiger partial charge on any atom is 0.325 e. The summed E-state index contributed by atoms with van der Waals surface area (Å²) in [5.41, 5.74) is 0. The normalized spacial score (nSPS) is 13.0. The Kier molecular flexibility index (Phi) is 35.9. The van der Waals surface area contributed by atoms with Crippen molar-refractivity contribution in [3.8, 4) is 0 Å². The molecule has 2 atom stereocenters. The van der Waals surface area contributed by atoms with Gasteiger partial charge in [0.15, 0.2) is 0 Å². The van der Waals surface area contributed by atoms with E-state index >= 15 is 0 Å². The van der Waals surface area contributed by atoms with Crippen molar-refractivity contribution in [2.45, 2.75) is 240 Å². The van der Waals surface area contributed by atoms with Gasteiger partial charge in [-0.1, -0.05) is 182 Å². The summed E-state index contributed by atoms with van der Waals surface area (Å²) in [6, 6.07) is 0. The molecule has 0 heterocycles. The SMILES string of the molecule is CCCCCCCN(CCCCCCCC(CCC)CC(CCCCC)CCCC(=O)O)OC(=O)CCCC(CCCCC)CCCCC. The average molecular weight is 694 g/mol. The Hall–Kier alpha value is -1.10. The predicted molar refractivity (Wildman–Crippen MR) is 212 cm³/mol. The van der Waals surface area contributed by atoms with Crippen LogP contribution in [0.4, 0.5) is 0 Å². The molecule has 1 N–H and O–H groups in total. The largest absolute Gasteiger partial charge is 0.481 e. The van der Waals surface area contributed by atoms with E-state index in [-0.39, 0.29) is 5.97 Å². The lowest BCUT2D eigenvalue weighted by Crippen LogP contribution is -2.29. The zero-order valence-electron chi connectivity index (χ0n) is 33.9. The Morgan fingerprint density at radius 2 is 0.837 bits per heavy atom. The quantitative estimate of drug-likeness (QED) is 0.0513. The van der Waals surface area contributed by atoms with Crippen LogP contribution >= 0.6 is 0 Å². The van der Waals surface area contributed by atoms with Gasteiger partial charge in [0.25, 0.3) is 0 Å².